The van der Waals surface area contributed by atoms with Gasteiger partial charge in [0.25, 0.3) is 0 Å². The molecule has 13 heavy (non-hydrogen) atoms. The molecule has 0 saturated carbocycles. The lowest BCUT2D eigenvalue weighted by Gasteiger charge is -2.24. The van der Waals surface area contributed by atoms with Crippen LogP contribution >= 0.6 is 0 Å². The smallest absolute Gasteiger partial charge is 0.101 e. The molecule has 0 aromatic heterocycles. The van der Waals surface area contributed by atoms with Gasteiger partial charge in [-0.15, -0.1) is 0 Å². The summed E-state index contributed by atoms with van der Waals surface area (Å²) in [6, 6.07) is 8.43. The second-order valence-corrected chi connectivity index (χ2v) is 3.49. The first-order valence-corrected chi connectivity index (χ1v) is 4.63. The maximum Gasteiger partial charge on any atom is 0.101 e. The van der Waals surface area contributed by atoms with Gasteiger partial charge in [-0.3, -0.25) is 4.99 Å². The third-order valence-electron chi connectivity index (χ3n) is 2.54. The fourth-order valence-corrected chi connectivity index (χ4v) is 1.79. The minimum Gasteiger partial charge on any atom is -0.344 e. The number of hydrogen-bond donors (Lipinski definition) is 1. The number of benzene rings is 1. The van der Waals surface area contributed by atoms with Crippen LogP contribution < -0.4 is 5.32 Å². The van der Waals surface area contributed by atoms with Gasteiger partial charge in [0.05, 0.1) is 0 Å². The Morgan fingerprint density at radius 1 is 1.38 bits per heavy atom. The molecule has 68 valence electrons. The lowest BCUT2D eigenvalue weighted by Crippen LogP contribution is -2.21. The predicted octanol–water partition coefficient (Wildman–Crippen LogP) is 2.63. The summed E-state index contributed by atoms with van der Waals surface area (Å²) >= 11 is 0. The molecule has 0 amide bonds. The van der Waals surface area contributed by atoms with E-state index >= 15 is 0 Å². The molecule has 1 aromatic carbocycles. The summed E-state index contributed by atoms with van der Waals surface area (Å²) in [5, 5.41) is 3.33. The molecule has 1 aliphatic rings. The van der Waals surface area contributed by atoms with Gasteiger partial charge < -0.3 is 5.32 Å². The maximum atomic E-state index is 4.20. The minimum absolute atomic E-state index is 0.580. The second-order valence-electron chi connectivity index (χ2n) is 3.49. The quantitative estimate of drug-likeness (QED) is 0.642. The van der Waals surface area contributed by atoms with E-state index in [1.54, 1.807) is 0 Å². The average molecular weight is 174 g/mol. The van der Waals surface area contributed by atoms with E-state index in [2.05, 4.69) is 41.5 Å². The number of nitrogens with zero attached hydrogens (tertiary/aromatic N) is 1. The molecule has 0 aliphatic carbocycles. The fraction of sp³-hybridized carbons (Fsp3) is 0.364. The average Bonchev–Trinajstić information content (AvgIpc) is 2.18. The molecule has 0 saturated heterocycles. The Morgan fingerprint density at radius 3 is 2.92 bits per heavy atom. The molecule has 0 radical (unpaired) electrons. The molecule has 0 bridgehead atoms. The zero-order valence-electron chi connectivity index (χ0n) is 8.04. The van der Waals surface area contributed by atoms with Crippen LogP contribution in [0.1, 0.15) is 24.8 Å². The molecule has 1 aliphatic heterocycles. The number of amidine groups is 1. The summed E-state index contributed by atoms with van der Waals surface area (Å²) < 4.78 is 0. The number of nitrogens with one attached hydrogen (secondary N) is 1. The van der Waals surface area contributed by atoms with Gasteiger partial charge in [0, 0.05) is 19.2 Å². The van der Waals surface area contributed by atoms with E-state index < -0.39 is 0 Å². The van der Waals surface area contributed by atoms with Crippen LogP contribution in [0.15, 0.2) is 29.3 Å². The van der Waals surface area contributed by atoms with Gasteiger partial charge in [-0.25, -0.2) is 0 Å². The molecule has 1 aromatic rings. The van der Waals surface area contributed by atoms with E-state index in [-0.39, 0.29) is 0 Å². The van der Waals surface area contributed by atoms with Crippen molar-refractivity contribution >= 4 is 11.5 Å². The first-order chi connectivity index (χ1) is 6.31. The number of para-hydroxylation sites is 1. The van der Waals surface area contributed by atoms with Crippen molar-refractivity contribution in [2.24, 2.45) is 4.99 Å². The molecule has 2 nitrogen and oxygen atoms in total. The van der Waals surface area contributed by atoms with Gasteiger partial charge >= 0.3 is 0 Å². The summed E-state index contributed by atoms with van der Waals surface area (Å²) in [6.07, 6.45) is 1.02. The Morgan fingerprint density at radius 2 is 2.15 bits per heavy atom. The highest BCUT2D eigenvalue weighted by atomic mass is 15.0. The van der Waals surface area contributed by atoms with Crippen LogP contribution in [0.2, 0.25) is 0 Å². The van der Waals surface area contributed by atoms with Gasteiger partial charge in [0.2, 0.25) is 0 Å². The molecule has 0 spiro atoms. The van der Waals surface area contributed by atoms with Gasteiger partial charge in [0.1, 0.15) is 5.84 Å². The molecule has 1 N–H and O–H groups in total. The highest BCUT2D eigenvalue weighted by Crippen LogP contribution is 2.31. The van der Waals surface area contributed by atoms with E-state index in [1.807, 2.05) is 7.05 Å². The summed E-state index contributed by atoms with van der Waals surface area (Å²) in [6.45, 7) is 2.24. The van der Waals surface area contributed by atoms with Gasteiger partial charge in [-0.1, -0.05) is 25.1 Å². The van der Waals surface area contributed by atoms with Crippen LogP contribution in [-0.4, -0.2) is 12.9 Å². The first-order valence-electron chi connectivity index (χ1n) is 4.63. The zero-order chi connectivity index (χ0) is 9.26. The lowest BCUT2D eigenvalue weighted by atomic mass is 9.92. The molecular weight excluding hydrogens is 160 g/mol. The molecule has 0 fully saturated rings. The Balaban J connectivity index is 2.42. The molecule has 1 unspecified atom stereocenters. The number of aliphatic imine (C=N–C) groups is 1. The van der Waals surface area contributed by atoms with Crippen molar-refractivity contribution in [3.8, 4) is 0 Å². The summed E-state index contributed by atoms with van der Waals surface area (Å²) in [7, 11) is 1.84. The molecular formula is C11H14N2. The maximum absolute atomic E-state index is 4.20. The number of fused-ring (bicyclic) bond motifs is 1. The van der Waals surface area contributed by atoms with Gasteiger partial charge in [-0.2, -0.15) is 0 Å². The Bertz CT molecular complexity index is 342. The summed E-state index contributed by atoms with van der Waals surface area (Å²) in [5.74, 6) is 1.67. The minimum atomic E-state index is 0.580. The molecule has 2 rings (SSSR count). The highest BCUT2D eigenvalue weighted by Gasteiger charge is 2.18. The standard InChI is InChI=1S/C11H14N2/c1-8-7-11(12-2)13-10-6-4-3-5-9(8)10/h3-6,8H,7H2,1-2H3,(H,12,13). The van der Waals surface area contributed by atoms with Crippen LogP contribution in [0.3, 0.4) is 0 Å². The topological polar surface area (TPSA) is 24.4 Å². The van der Waals surface area contributed by atoms with Crippen molar-refractivity contribution in [1.82, 2.24) is 0 Å². The van der Waals surface area contributed by atoms with E-state index in [9.17, 15) is 0 Å². The molecule has 1 atom stereocenters. The van der Waals surface area contributed by atoms with Gasteiger partial charge in [0.15, 0.2) is 0 Å². The molecule has 2 heteroatoms. The first kappa shape index (κ1) is 8.30. The van der Waals surface area contributed by atoms with Crippen molar-refractivity contribution in [3.05, 3.63) is 29.8 Å². The zero-order valence-corrected chi connectivity index (χ0v) is 8.04. The Kier molecular flexibility index (Phi) is 2.05. The van der Waals surface area contributed by atoms with E-state index in [0.717, 1.165) is 12.3 Å². The van der Waals surface area contributed by atoms with Crippen molar-refractivity contribution in [3.63, 3.8) is 0 Å². The van der Waals surface area contributed by atoms with Crippen LogP contribution in [0, 0.1) is 0 Å². The SMILES string of the molecule is CN=C1CC(C)c2ccccc2N1. The van der Waals surface area contributed by atoms with Crippen molar-refractivity contribution < 1.29 is 0 Å². The molecule has 1 heterocycles. The third kappa shape index (κ3) is 1.44. The van der Waals surface area contributed by atoms with E-state index in [0.29, 0.717) is 5.92 Å². The van der Waals surface area contributed by atoms with Crippen molar-refractivity contribution in [2.75, 3.05) is 12.4 Å². The van der Waals surface area contributed by atoms with Crippen LogP contribution in [0.4, 0.5) is 5.69 Å². The van der Waals surface area contributed by atoms with Crippen molar-refractivity contribution in [2.45, 2.75) is 19.3 Å². The number of anilines is 1. The largest absolute Gasteiger partial charge is 0.344 e. The monoisotopic (exact) mass is 174 g/mol. The fourth-order valence-electron chi connectivity index (χ4n) is 1.79. The van der Waals surface area contributed by atoms with Gasteiger partial charge in [-0.05, 0) is 17.5 Å². The van der Waals surface area contributed by atoms with Crippen LogP contribution in [0.25, 0.3) is 0 Å². The lowest BCUT2D eigenvalue weighted by molar-refractivity contribution is 0.791. The predicted molar refractivity (Wildman–Crippen MR) is 56.5 cm³/mol. The van der Waals surface area contributed by atoms with Crippen LogP contribution in [-0.2, 0) is 0 Å². The number of hydrogen-bond acceptors (Lipinski definition) is 1. The van der Waals surface area contributed by atoms with Crippen LogP contribution in [0.5, 0.6) is 0 Å². The Labute approximate surface area is 78.7 Å². The second kappa shape index (κ2) is 3.21. The van der Waals surface area contributed by atoms with E-state index in [4.69, 9.17) is 0 Å². The Hall–Kier alpha value is -1.31. The van der Waals surface area contributed by atoms with Crippen molar-refractivity contribution in [1.29, 1.82) is 0 Å². The normalized spacial score (nSPS) is 23.8. The summed E-state index contributed by atoms with van der Waals surface area (Å²) in [4.78, 5) is 4.20. The summed E-state index contributed by atoms with van der Waals surface area (Å²) in [5.41, 5.74) is 2.61. The highest BCUT2D eigenvalue weighted by molar-refractivity contribution is 5.98. The number of rotatable bonds is 0. The van der Waals surface area contributed by atoms with E-state index in [1.165, 1.54) is 11.3 Å². The third-order valence-corrected chi connectivity index (χ3v) is 2.54.